The van der Waals surface area contributed by atoms with Crippen LogP contribution >= 0.6 is 11.3 Å². The van der Waals surface area contributed by atoms with Crippen molar-refractivity contribution >= 4 is 27.0 Å². The second-order valence-electron chi connectivity index (χ2n) is 4.45. The van der Waals surface area contributed by atoms with Gasteiger partial charge in [0.25, 0.3) is 0 Å². The van der Waals surface area contributed by atoms with Crippen LogP contribution in [0.5, 0.6) is 0 Å². The molecule has 4 nitrogen and oxygen atoms in total. The van der Waals surface area contributed by atoms with Gasteiger partial charge in [0.15, 0.2) is 0 Å². The summed E-state index contributed by atoms with van der Waals surface area (Å²) in [6.07, 6.45) is 1.35. The highest BCUT2D eigenvalue weighted by Gasteiger charge is 2.17. The first-order valence-corrected chi connectivity index (χ1v) is 8.79. The molecular formula is C14H18N2O2S2. The number of aryl methyl sites for hydroxylation is 1. The summed E-state index contributed by atoms with van der Waals surface area (Å²) in [6, 6.07) is 8.97. The summed E-state index contributed by atoms with van der Waals surface area (Å²) in [7, 11) is -3.50. The van der Waals surface area contributed by atoms with Gasteiger partial charge in [-0.2, -0.15) is 0 Å². The van der Waals surface area contributed by atoms with Gasteiger partial charge in [-0.3, -0.25) is 0 Å². The Morgan fingerprint density at radius 1 is 1.30 bits per heavy atom. The predicted octanol–water partition coefficient (Wildman–Crippen LogP) is 2.41. The Morgan fingerprint density at radius 3 is 2.75 bits per heavy atom. The second-order valence-corrected chi connectivity index (χ2v) is 7.22. The Labute approximate surface area is 123 Å². The van der Waals surface area contributed by atoms with Crippen molar-refractivity contribution in [1.82, 2.24) is 4.72 Å². The van der Waals surface area contributed by atoms with E-state index in [9.17, 15) is 8.42 Å². The molecule has 3 N–H and O–H groups in total. The number of thiophene rings is 1. The molecule has 0 amide bonds. The van der Waals surface area contributed by atoms with Gasteiger partial charge in [-0.05, 0) is 42.0 Å². The summed E-state index contributed by atoms with van der Waals surface area (Å²) in [5.74, 6) is 0. The molecule has 1 aromatic heterocycles. The van der Waals surface area contributed by atoms with Crippen molar-refractivity contribution in [3.63, 3.8) is 0 Å². The lowest BCUT2D eigenvalue weighted by Gasteiger charge is -2.11. The zero-order valence-corrected chi connectivity index (χ0v) is 12.9. The summed E-state index contributed by atoms with van der Waals surface area (Å²) in [4.78, 5) is 1.45. The van der Waals surface area contributed by atoms with Gasteiger partial charge in [-0.1, -0.05) is 19.1 Å². The van der Waals surface area contributed by atoms with Gasteiger partial charge in [0.2, 0.25) is 10.0 Å². The molecule has 0 aliphatic heterocycles. The number of benzene rings is 1. The number of anilines is 1. The topological polar surface area (TPSA) is 72.2 Å². The van der Waals surface area contributed by atoms with Gasteiger partial charge < -0.3 is 5.73 Å². The van der Waals surface area contributed by atoms with Crippen molar-refractivity contribution in [2.75, 3.05) is 12.3 Å². The molecule has 2 aromatic rings. The standard InChI is InChI=1S/C14H18N2O2S2/c1-2-11-5-6-12(15)10-14(11)20(17,18)16-8-7-13-4-3-9-19-13/h3-6,9-10,16H,2,7-8,15H2,1H3. The number of nitrogens with one attached hydrogen (secondary N) is 1. The molecule has 0 saturated carbocycles. The van der Waals surface area contributed by atoms with E-state index in [0.29, 0.717) is 25.1 Å². The molecule has 0 bridgehead atoms. The lowest BCUT2D eigenvalue weighted by molar-refractivity contribution is 0.581. The largest absolute Gasteiger partial charge is 0.399 e. The van der Waals surface area contributed by atoms with Crippen LogP contribution in [0.3, 0.4) is 0 Å². The number of nitrogen functional groups attached to an aromatic ring is 1. The fourth-order valence-electron chi connectivity index (χ4n) is 1.95. The van der Waals surface area contributed by atoms with Crippen molar-refractivity contribution in [3.8, 4) is 0 Å². The number of nitrogens with two attached hydrogens (primary N) is 1. The molecule has 0 spiro atoms. The van der Waals surface area contributed by atoms with Crippen LogP contribution in [0, 0.1) is 0 Å². The molecule has 6 heteroatoms. The van der Waals surface area contributed by atoms with E-state index in [2.05, 4.69) is 4.72 Å². The molecule has 20 heavy (non-hydrogen) atoms. The molecule has 1 heterocycles. The highest BCUT2D eigenvalue weighted by atomic mass is 32.2. The number of sulfonamides is 1. The van der Waals surface area contributed by atoms with Gasteiger partial charge in [0.1, 0.15) is 0 Å². The van der Waals surface area contributed by atoms with Crippen molar-refractivity contribution in [2.45, 2.75) is 24.7 Å². The molecule has 0 fully saturated rings. The minimum absolute atomic E-state index is 0.283. The smallest absolute Gasteiger partial charge is 0.240 e. The van der Waals surface area contributed by atoms with E-state index in [-0.39, 0.29) is 4.90 Å². The summed E-state index contributed by atoms with van der Waals surface area (Å²) in [6.45, 7) is 2.32. The van der Waals surface area contributed by atoms with Crippen molar-refractivity contribution in [3.05, 3.63) is 46.2 Å². The summed E-state index contributed by atoms with van der Waals surface area (Å²) < 4.78 is 27.3. The first kappa shape index (κ1) is 15.0. The fraction of sp³-hybridized carbons (Fsp3) is 0.286. The average Bonchev–Trinajstić information content (AvgIpc) is 2.91. The maximum atomic E-state index is 12.3. The molecule has 0 radical (unpaired) electrons. The quantitative estimate of drug-likeness (QED) is 0.805. The third-order valence-electron chi connectivity index (χ3n) is 3.01. The summed E-state index contributed by atoms with van der Waals surface area (Å²) in [5.41, 5.74) is 6.93. The Kier molecular flexibility index (Phi) is 4.80. The zero-order chi connectivity index (χ0) is 14.6. The van der Waals surface area contributed by atoms with E-state index in [0.717, 1.165) is 10.4 Å². The number of hydrogen-bond donors (Lipinski definition) is 2. The second kappa shape index (κ2) is 6.39. The van der Waals surface area contributed by atoms with Crippen molar-refractivity contribution < 1.29 is 8.42 Å². The minimum Gasteiger partial charge on any atom is -0.399 e. The van der Waals surface area contributed by atoms with Crippen LogP contribution in [-0.2, 0) is 22.9 Å². The van der Waals surface area contributed by atoms with E-state index >= 15 is 0 Å². The van der Waals surface area contributed by atoms with Crippen molar-refractivity contribution in [2.24, 2.45) is 0 Å². The van der Waals surface area contributed by atoms with Crippen LogP contribution < -0.4 is 10.5 Å². The number of hydrogen-bond acceptors (Lipinski definition) is 4. The van der Waals surface area contributed by atoms with Crippen LogP contribution in [-0.4, -0.2) is 15.0 Å². The normalized spacial score (nSPS) is 11.7. The van der Waals surface area contributed by atoms with Gasteiger partial charge in [0.05, 0.1) is 4.90 Å². The molecule has 108 valence electrons. The lowest BCUT2D eigenvalue weighted by Crippen LogP contribution is -2.26. The third kappa shape index (κ3) is 3.59. The molecular weight excluding hydrogens is 292 g/mol. The zero-order valence-electron chi connectivity index (χ0n) is 11.3. The molecule has 0 aliphatic carbocycles. The molecule has 0 atom stereocenters. The highest BCUT2D eigenvalue weighted by molar-refractivity contribution is 7.89. The minimum atomic E-state index is -3.50. The Hall–Kier alpha value is -1.37. The van der Waals surface area contributed by atoms with E-state index in [1.807, 2.05) is 24.4 Å². The third-order valence-corrected chi connectivity index (χ3v) is 5.48. The first-order chi connectivity index (χ1) is 9.53. The molecule has 0 aliphatic rings. The molecule has 1 aromatic carbocycles. The Bertz CT molecular complexity index is 664. The average molecular weight is 310 g/mol. The number of rotatable bonds is 6. The van der Waals surface area contributed by atoms with Crippen molar-refractivity contribution in [1.29, 1.82) is 0 Å². The summed E-state index contributed by atoms with van der Waals surface area (Å²) in [5, 5.41) is 1.98. The maximum absolute atomic E-state index is 12.3. The first-order valence-electron chi connectivity index (χ1n) is 6.43. The van der Waals surface area contributed by atoms with Crippen LogP contribution in [0.1, 0.15) is 17.4 Å². The maximum Gasteiger partial charge on any atom is 0.240 e. The highest BCUT2D eigenvalue weighted by Crippen LogP contribution is 2.19. The Balaban J connectivity index is 2.11. The van der Waals surface area contributed by atoms with Gasteiger partial charge >= 0.3 is 0 Å². The van der Waals surface area contributed by atoms with Crippen LogP contribution in [0.4, 0.5) is 5.69 Å². The van der Waals surface area contributed by atoms with Crippen LogP contribution in [0.2, 0.25) is 0 Å². The summed E-state index contributed by atoms with van der Waals surface area (Å²) >= 11 is 1.62. The van der Waals surface area contributed by atoms with E-state index in [4.69, 9.17) is 5.73 Å². The van der Waals surface area contributed by atoms with Gasteiger partial charge in [-0.25, -0.2) is 13.1 Å². The lowest BCUT2D eigenvalue weighted by atomic mass is 10.1. The Morgan fingerprint density at radius 2 is 2.10 bits per heavy atom. The van der Waals surface area contributed by atoms with Crippen LogP contribution in [0.25, 0.3) is 0 Å². The SMILES string of the molecule is CCc1ccc(N)cc1S(=O)(=O)NCCc1cccs1. The fourth-order valence-corrected chi connectivity index (χ4v) is 4.04. The molecule has 0 unspecified atom stereocenters. The molecule has 0 saturated heterocycles. The van der Waals surface area contributed by atoms with E-state index < -0.39 is 10.0 Å². The predicted molar refractivity (Wildman–Crippen MR) is 83.4 cm³/mol. The van der Waals surface area contributed by atoms with E-state index in [1.165, 1.54) is 6.07 Å². The van der Waals surface area contributed by atoms with Crippen LogP contribution in [0.15, 0.2) is 40.6 Å². The van der Waals surface area contributed by atoms with Gasteiger partial charge in [-0.15, -0.1) is 11.3 Å². The van der Waals surface area contributed by atoms with Gasteiger partial charge in [0, 0.05) is 17.1 Å². The molecule has 2 rings (SSSR count). The monoisotopic (exact) mass is 310 g/mol. The van der Waals surface area contributed by atoms with E-state index in [1.54, 1.807) is 23.5 Å².